The van der Waals surface area contributed by atoms with Crippen LogP contribution in [-0.2, 0) is 6.42 Å². The summed E-state index contributed by atoms with van der Waals surface area (Å²) in [5.74, 6) is -0.0671. The lowest BCUT2D eigenvalue weighted by Gasteiger charge is -2.14. The molecule has 0 spiro atoms. The van der Waals surface area contributed by atoms with Crippen LogP contribution in [0.3, 0.4) is 0 Å². The number of aryl methyl sites for hydroxylation is 3. The summed E-state index contributed by atoms with van der Waals surface area (Å²) in [6.45, 7) is 5.91. The van der Waals surface area contributed by atoms with Gasteiger partial charge >= 0.3 is 0 Å². The molecule has 0 aliphatic carbocycles. The van der Waals surface area contributed by atoms with Crippen LogP contribution in [0.15, 0.2) is 48.5 Å². The number of fused-ring (bicyclic) bond motifs is 1. The van der Waals surface area contributed by atoms with Gasteiger partial charge in [0.1, 0.15) is 0 Å². The van der Waals surface area contributed by atoms with E-state index in [9.17, 15) is 4.79 Å². The van der Waals surface area contributed by atoms with Gasteiger partial charge in [0, 0.05) is 11.6 Å². The van der Waals surface area contributed by atoms with Gasteiger partial charge in [0.2, 0.25) is 0 Å². The van der Waals surface area contributed by atoms with Crippen molar-refractivity contribution in [1.29, 1.82) is 0 Å². The van der Waals surface area contributed by atoms with Gasteiger partial charge in [-0.15, -0.1) is 0 Å². The second-order valence-corrected chi connectivity index (χ2v) is 6.50. The molecular weight excluding hydrogens is 310 g/mol. The van der Waals surface area contributed by atoms with Crippen molar-refractivity contribution >= 4 is 16.9 Å². The summed E-state index contributed by atoms with van der Waals surface area (Å²) < 4.78 is 0. The van der Waals surface area contributed by atoms with E-state index < -0.39 is 0 Å². The predicted molar refractivity (Wildman–Crippen MR) is 101 cm³/mol. The molecule has 1 N–H and O–H groups in total. The van der Waals surface area contributed by atoms with Crippen molar-refractivity contribution in [3.8, 4) is 0 Å². The minimum atomic E-state index is -0.0671. The zero-order valence-electron chi connectivity index (χ0n) is 14.9. The third-order valence-electron chi connectivity index (χ3n) is 4.42. The van der Waals surface area contributed by atoms with Crippen molar-refractivity contribution in [2.24, 2.45) is 0 Å². The van der Waals surface area contributed by atoms with Gasteiger partial charge in [-0.2, -0.15) is 0 Å². The third kappa shape index (κ3) is 4.21. The van der Waals surface area contributed by atoms with Crippen LogP contribution in [0.4, 0.5) is 0 Å². The Kier molecular flexibility index (Phi) is 5.08. The van der Waals surface area contributed by atoms with E-state index in [1.165, 1.54) is 5.56 Å². The topological polar surface area (TPSA) is 54.9 Å². The average molecular weight is 333 g/mol. The molecule has 4 heteroatoms. The third-order valence-corrected chi connectivity index (χ3v) is 4.42. The number of amides is 1. The lowest BCUT2D eigenvalue weighted by Crippen LogP contribution is -2.32. The highest BCUT2D eigenvalue weighted by molar-refractivity contribution is 5.97. The molecule has 0 radical (unpaired) electrons. The minimum absolute atomic E-state index is 0.0671. The van der Waals surface area contributed by atoms with Crippen molar-refractivity contribution in [2.75, 3.05) is 0 Å². The smallest absolute Gasteiger partial charge is 0.251 e. The van der Waals surface area contributed by atoms with Gasteiger partial charge in [-0.05, 0) is 57.4 Å². The Labute approximate surface area is 148 Å². The van der Waals surface area contributed by atoms with E-state index in [-0.39, 0.29) is 11.9 Å². The van der Waals surface area contributed by atoms with Crippen LogP contribution in [0.25, 0.3) is 11.0 Å². The molecule has 1 heterocycles. The van der Waals surface area contributed by atoms with Crippen molar-refractivity contribution in [3.63, 3.8) is 0 Å². The molecule has 4 nitrogen and oxygen atoms in total. The predicted octanol–water partition coefficient (Wildman–Crippen LogP) is 4.00. The molecule has 0 saturated carbocycles. The van der Waals surface area contributed by atoms with E-state index in [0.29, 0.717) is 5.56 Å². The van der Waals surface area contributed by atoms with Crippen LogP contribution in [0.2, 0.25) is 0 Å². The summed E-state index contributed by atoms with van der Waals surface area (Å²) in [6, 6.07) is 15.9. The molecule has 0 aliphatic rings. The van der Waals surface area contributed by atoms with E-state index in [1.807, 2.05) is 57.2 Å². The van der Waals surface area contributed by atoms with Crippen LogP contribution >= 0.6 is 0 Å². The van der Waals surface area contributed by atoms with E-state index >= 15 is 0 Å². The molecule has 0 saturated heterocycles. The number of rotatable bonds is 5. The van der Waals surface area contributed by atoms with Gasteiger partial charge < -0.3 is 5.32 Å². The quantitative estimate of drug-likeness (QED) is 0.768. The Balaban J connectivity index is 1.66. The molecule has 3 aromatic rings. The maximum absolute atomic E-state index is 12.5. The fraction of sp³-hybridized carbons (Fsp3) is 0.286. The zero-order valence-corrected chi connectivity index (χ0v) is 14.9. The molecule has 1 amide bonds. The monoisotopic (exact) mass is 333 g/mol. The van der Waals surface area contributed by atoms with Gasteiger partial charge in [0.15, 0.2) is 0 Å². The number of nitrogens with one attached hydrogen (secondary N) is 1. The van der Waals surface area contributed by atoms with Crippen LogP contribution < -0.4 is 5.32 Å². The first-order chi connectivity index (χ1) is 12.0. The number of carbonyl (C=O) groups excluding carboxylic acids is 1. The van der Waals surface area contributed by atoms with Crippen LogP contribution in [0.1, 0.15) is 40.7 Å². The molecule has 25 heavy (non-hydrogen) atoms. The molecule has 0 fully saturated rings. The highest BCUT2D eigenvalue weighted by atomic mass is 16.1. The molecule has 3 rings (SSSR count). The first-order valence-corrected chi connectivity index (χ1v) is 8.63. The fourth-order valence-electron chi connectivity index (χ4n) is 2.78. The van der Waals surface area contributed by atoms with E-state index in [1.54, 1.807) is 0 Å². The van der Waals surface area contributed by atoms with Crippen molar-refractivity contribution < 1.29 is 4.79 Å². The number of hydrogen-bond acceptors (Lipinski definition) is 3. The summed E-state index contributed by atoms with van der Waals surface area (Å²) in [7, 11) is 0. The highest BCUT2D eigenvalue weighted by Crippen LogP contribution is 2.15. The maximum Gasteiger partial charge on any atom is 0.251 e. The standard InChI is InChI=1S/C21H23N3O/c1-14(9-10-17-7-5-4-6-8-17)22-21(25)18-11-12-19-20(13-18)24-16(3)15(2)23-19/h4-8,11-14H,9-10H2,1-3H3,(H,22,25)/t14-/m0/s1. The van der Waals surface area contributed by atoms with Crippen LogP contribution in [0, 0.1) is 13.8 Å². The summed E-state index contributed by atoms with van der Waals surface area (Å²) in [4.78, 5) is 21.5. The second-order valence-electron chi connectivity index (χ2n) is 6.50. The fourth-order valence-corrected chi connectivity index (χ4v) is 2.78. The molecule has 1 atom stereocenters. The Morgan fingerprint density at radius 1 is 1.00 bits per heavy atom. The van der Waals surface area contributed by atoms with Gasteiger partial charge in [-0.25, -0.2) is 9.97 Å². The summed E-state index contributed by atoms with van der Waals surface area (Å²) in [5.41, 5.74) is 5.29. The van der Waals surface area contributed by atoms with Gasteiger partial charge in [-0.1, -0.05) is 30.3 Å². The average Bonchev–Trinajstić information content (AvgIpc) is 2.61. The number of carbonyl (C=O) groups is 1. The Morgan fingerprint density at radius 3 is 2.40 bits per heavy atom. The van der Waals surface area contributed by atoms with E-state index in [2.05, 4.69) is 27.4 Å². The van der Waals surface area contributed by atoms with E-state index in [4.69, 9.17) is 0 Å². The molecule has 128 valence electrons. The molecule has 2 aromatic carbocycles. The second kappa shape index (κ2) is 7.43. The van der Waals surface area contributed by atoms with Crippen LogP contribution in [-0.4, -0.2) is 21.9 Å². The van der Waals surface area contributed by atoms with Crippen LogP contribution in [0.5, 0.6) is 0 Å². The summed E-state index contributed by atoms with van der Waals surface area (Å²) in [5, 5.41) is 3.07. The van der Waals surface area contributed by atoms with Crippen molar-refractivity contribution in [1.82, 2.24) is 15.3 Å². The lowest BCUT2D eigenvalue weighted by atomic mass is 10.1. The zero-order chi connectivity index (χ0) is 17.8. The van der Waals surface area contributed by atoms with Crippen molar-refractivity contribution in [2.45, 2.75) is 39.7 Å². The summed E-state index contributed by atoms with van der Waals surface area (Å²) in [6.07, 6.45) is 1.85. The lowest BCUT2D eigenvalue weighted by molar-refractivity contribution is 0.0938. The summed E-state index contributed by atoms with van der Waals surface area (Å²) >= 11 is 0. The number of nitrogens with zero attached hydrogens (tertiary/aromatic N) is 2. The first-order valence-electron chi connectivity index (χ1n) is 8.63. The number of benzene rings is 2. The molecule has 0 bridgehead atoms. The van der Waals surface area contributed by atoms with E-state index in [0.717, 1.165) is 35.3 Å². The minimum Gasteiger partial charge on any atom is -0.350 e. The molecule has 0 unspecified atom stereocenters. The van der Waals surface area contributed by atoms with Gasteiger partial charge in [0.25, 0.3) is 5.91 Å². The largest absolute Gasteiger partial charge is 0.350 e. The highest BCUT2D eigenvalue weighted by Gasteiger charge is 2.12. The Hall–Kier alpha value is -2.75. The van der Waals surface area contributed by atoms with Gasteiger partial charge in [0.05, 0.1) is 22.4 Å². The van der Waals surface area contributed by atoms with Crippen molar-refractivity contribution in [3.05, 3.63) is 71.0 Å². The molecular formula is C21H23N3O. The molecule has 0 aliphatic heterocycles. The molecule has 1 aromatic heterocycles. The number of aromatic nitrogens is 2. The SMILES string of the molecule is Cc1nc2ccc(C(=O)N[C@@H](C)CCc3ccccc3)cc2nc1C. The van der Waals surface area contributed by atoms with Gasteiger partial charge in [-0.3, -0.25) is 4.79 Å². The Morgan fingerprint density at radius 2 is 1.68 bits per heavy atom. The number of hydrogen-bond donors (Lipinski definition) is 1. The Bertz CT molecular complexity index is 890. The first kappa shape index (κ1) is 17.1. The maximum atomic E-state index is 12.5. The normalized spacial score (nSPS) is 12.1.